The molecular formula is C20H15ClF4N2O. The molecule has 0 spiro atoms. The molecule has 0 saturated carbocycles. The van der Waals surface area contributed by atoms with E-state index in [1.807, 2.05) is 0 Å². The zero-order valence-corrected chi connectivity index (χ0v) is 15.7. The Morgan fingerprint density at radius 1 is 1.11 bits per heavy atom. The van der Waals surface area contributed by atoms with Gasteiger partial charge in [-0.25, -0.2) is 17.6 Å². The van der Waals surface area contributed by atoms with Gasteiger partial charge in [-0.1, -0.05) is 24.6 Å². The number of amidine groups is 1. The predicted octanol–water partition coefficient (Wildman–Crippen LogP) is 5.24. The summed E-state index contributed by atoms with van der Waals surface area (Å²) in [5.41, 5.74) is 0.321. The third-order valence-corrected chi connectivity index (χ3v) is 4.69. The molecule has 8 heteroatoms. The first-order valence-corrected chi connectivity index (χ1v) is 8.79. The molecule has 2 aromatic rings. The first-order chi connectivity index (χ1) is 13.2. The van der Waals surface area contributed by atoms with Gasteiger partial charge in [-0.2, -0.15) is 0 Å². The number of carbonyl (C=O) groups is 1. The van der Waals surface area contributed by atoms with E-state index in [9.17, 15) is 22.4 Å². The summed E-state index contributed by atoms with van der Waals surface area (Å²) < 4.78 is 55.2. The van der Waals surface area contributed by atoms with Crippen LogP contribution in [0.5, 0.6) is 0 Å². The van der Waals surface area contributed by atoms with Crippen molar-refractivity contribution in [2.75, 3.05) is 0 Å². The van der Waals surface area contributed by atoms with E-state index >= 15 is 0 Å². The zero-order valence-electron chi connectivity index (χ0n) is 14.9. The van der Waals surface area contributed by atoms with Crippen LogP contribution in [-0.2, 0) is 4.79 Å². The van der Waals surface area contributed by atoms with Crippen LogP contribution in [0.25, 0.3) is 0 Å². The fourth-order valence-electron chi connectivity index (χ4n) is 3.07. The molecule has 1 aliphatic rings. The van der Waals surface area contributed by atoms with E-state index in [2.05, 4.69) is 10.3 Å². The lowest BCUT2D eigenvalue weighted by Crippen LogP contribution is -2.33. The lowest BCUT2D eigenvalue weighted by Gasteiger charge is -2.27. The molecule has 1 N–H and O–H groups in total. The van der Waals surface area contributed by atoms with Crippen LogP contribution in [0.1, 0.15) is 37.4 Å². The van der Waals surface area contributed by atoms with Crippen LogP contribution in [0.15, 0.2) is 46.6 Å². The Hall–Kier alpha value is -2.67. The van der Waals surface area contributed by atoms with Crippen molar-refractivity contribution >= 4 is 23.2 Å². The van der Waals surface area contributed by atoms with E-state index in [4.69, 9.17) is 11.6 Å². The van der Waals surface area contributed by atoms with Gasteiger partial charge >= 0.3 is 0 Å². The highest BCUT2D eigenvalue weighted by Gasteiger charge is 2.31. The number of rotatable bonds is 4. The number of hydrogen-bond acceptors (Lipinski definition) is 3. The molecule has 28 heavy (non-hydrogen) atoms. The van der Waals surface area contributed by atoms with Crippen LogP contribution >= 0.6 is 11.6 Å². The topological polar surface area (TPSA) is 41.5 Å². The highest BCUT2D eigenvalue weighted by molar-refractivity contribution is 6.31. The van der Waals surface area contributed by atoms with Crippen molar-refractivity contribution < 1.29 is 22.4 Å². The summed E-state index contributed by atoms with van der Waals surface area (Å²) in [6.45, 7) is 3.21. The molecule has 3 rings (SSSR count). The number of Topliss-reactive ketones (excluding diaryl/α,β-unsaturated/α-hetero) is 1. The fourth-order valence-corrected chi connectivity index (χ4v) is 3.34. The molecule has 3 nitrogen and oxygen atoms in total. The van der Waals surface area contributed by atoms with Gasteiger partial charge in [0.1, 0.15) is 35.1 Å². The van der Waals surface area contributed by atoms with E-state index in [0.717, 1.165) is 12.1 Å². The van der Waals surface area contributed by atoms with E-state index in [-0.39, 0.29) is 28.6 Å². The van der Waals surface area contributed by atoms with Crippen LogP contribution in [0.2, 0.25) is 5.02 Å². The minimum absolute atomic E-state index is 0.0178. The van der Waals surface area contributed by atoms with Gasteiger partial charge in [0.15, 0.2) is 5.78 Å². The minimum Gasteiger partial charge on any atom is -0.343 e. The molecule has 0 bridgehead atoms. The summed E-state index contributed by atoms with van der Waals surface area (Å²) in [4.78, 5) is 16.8. The molecule has 0 aliphatic carbocycles. The molecule has 2 aromatic carbocycles. The van der Waals surface area contributed by atoms with Crippen molar-refractivity contribution in [1.29, 1.82) is 0 Å². The number of allylic oxidation sites excluding steroid dienone is 1. The maximum absolute atomic E-state index is 14.2. The second-order valence-electron chi connectivity index (χ2n) is 6.23. The molecule has 1 aliphatic heterocycles. The summed E-state index contributed by atoms with van der Waals surface area (Å²) in [6.07, 6.45) is 0.161. The van der Waals surface area contributed by atoms with Gasteiger partial charge in [-0.3, -0.25) is 9.79 Å². The van der Waals surface area contributed by atoms with Gasteiger partial charge in [0.25, 0.3) is 0 Å². The SMILES string of the molecule is CCC(=O)C1=C(C)NC(c2c(F)cc(F)cc2F)=N[C@H]1c1ccc(F)cc1Cl. The van der Waals surface area contributed by atoms with Gasteiger partial charge in [-0.05, 0) is 19.1 Å². The quantitative estimate of drug-likeness (QED) is 0.700. The summed E-state index contributed by atoms with van der Waals surface area (Å²) in [7, 11) is 0. The largest absolute Gasteiger partial charge is 0.343 e. The molecule has 0 fully saturated rings. The molecular weight excluding hydrogens is 396 g/mol. The summed E-state index contributed by atoms with van der Waals surface area (Å²) in [5, 5.41) is 2.74. The van der Waals surface area contributed by atoms with Crippen molar-refractivity contribution in [3.05, 3.63) is 81.0 Å². The van der Waals surface area contributed by atoms with Crippen LogP contribution in [0.4, 0.5) is 17.6 Å². The van der Waals surface area contributed by atoms with Crippen LogP contribution in [0, 0.1) is 23.3 Å². The van der Waals surface area contributed by atoms with E-state index < -0.39 is 34.9 Å². The number of nitrogens with one attached hydrogen (secondary N) is 1. The predicted molar refractivity (Wildman–Crippen MR) is 98.1 cm³/mol. The third kappa shape index (κ3) is 3.67. The van der Waals surface area contributed by atoms with Crippen molar-refractivity contribution in [2.24, 2.45) is 4.99 Å². The first kappa shape index (κ1) is 20.1. The highest BCUT2D eigenvalue weighted by atomic mass is 35.5. The molecule has 0 saturated heterocycles. The van der Waals surface area contributed by atoms with Crippen molar-refractivity contribution in [3.63, 3.8) is 0 Å². The van der Waals surface area contributed by atoms with E-state index in [0.29, 0.717) is 23.4 Å². The van der Waals surface area contributed by atoms with Gasteiger partial charge in [0, 0.05) is 40.4 Å². The average molecular weight is 411 g/mol. The number of halogens is 5. The molecule has 146 valence electrons. The second kappa shape index (κ2) is 7.75. The van der Waals surface area contributed by atoms with E-state index in [1.54, 1.807) is 13.8 Å². The van der Waals surface area contributed by atoms with Crippen LogP contribution < -0.4 is 5.32 Å². The van der Waals surface area contributed by atoms with Crippen molar-refractivity contribution in [2.45, 2.75) is 26.3 Å². The molecule has 0 unspecified atom stereocenters. The highest BCUT2D eigenvalue weighted by Crippen LogP contribution is 2.37. The zero-order chi connectivity index (χ0) is 20.6. The van der Waals surface area contributed by atoms with Crippen LogP contribution in [0.3, 0.4) is 0 Å². The average Bonchev–Trinajstić information content (AvgIpc) is 2.59. The summed E-state index contributed by atoms with van der Waals surface area (Å²) in [6, 6.07) is 3.66. The molecule has 0 amide bonds. The Kier molecular flexibility index (Phi) is 5.56. The van der Waals surface area contributed by atoms with Crippen molar-refractivity contribution in [3.8, 4) is 0 Å². The Bertz CT molecular complexity index is 1010. The number of ketones is 1. The lowest BCUT2D eigenvalue weighted by molar-refractivity contribution is -0.115. The number of benzene rings is 2. The smallest absolute Gasteiger partial charge is 0.162 e. The Morgan fingerprint density at radius 3 is 2.32 bits per heavy atom. The number of nitrogens with zero attached hydrogens (tertiary/aromatic N) is 1. The molecule has 1 atom stereocenters. The summed E-state index contributed by atoms with van der Waals surface area (Å²) >= 11 is 6.14. The number of aliphatic imine (C=N–C) groups is 1. The van der Waals surface area contributed by atoms with E-state index in [1.165, 1.54) is 6.07 Å². The monoisotopic (exact) mass is 410 g/mol. The molecule has 1 heterocycles. The third-order valence-electron chi connectivity index (χ3n) is 4.36. The minimum atomic E-state index is -1.15. The summed E-state index contributed by atoms with van der Waals surface area (Å²) in [5.74, 6) is -4.41. The molecule has 0 aromatic heterocycles. The lowest BCUT2D eigenvalue weighted by atomic mass is 9.91. The number of hydrogen-bond donors (Lipinski definition) is 1. The van der Waals surface area contributed by atoms with Gasteiger partial charge in [0.2, 0.25) is 0 Å². The van der Waals surface area contributed by atoms with Gasteiger partial charge in [-0.15, -0.1) is 0 Å². The maximum Gasteiger partial charge on any atom is 0.162 e. The standard InChI is InChI=1S/C20H15ClF4N2O/c1-3-16(28)17-9(2)26-20(18-14(24)7-11(23)8-15(18)25)27-19(17)12-5-4-10(22)6-13(12)21/h4-8,19H,3H2,1-2H3,(H,26,27)/t19-/m0/s1. The second-order valence-corrected chi connectivity index (χ2v) is 6.64. The Morgan fingerprint density at radius 2 is 1.75 bits per heavy atom. The van der Waals surface area contributed by atoms with Crippen LogP contribution in [-0.4, -0.2) is 11.6 Å². The Balaban J connectivity index is 2.21. The van der Waals surface area contributed by atoms with Crippen molar-refractivity contribution in [1.82, 2.24) is 5.32 Å². The maximum atomic E-state index is 14.2. The van der Waals surface area contributed by atoms with Gasteiger partial charge < -0.3 is 5.32 Å². The normalized spacial score (nSPS) is 16.7. The number of carbonyl (C=O) groups excluding carboxylic acids is 1. The fraction of sp³-hybridized carbons (Fsp3) is 0.200. The molecule has 0 radical (unpaired) electrons. The first-order valence-electron chi connectivity index (χ1n) is 8.41. The van der Waals surface area contributed by atoms with Gasteiger partial charge in [0.05, 0.1) is 5.56 Å². The Labute approximate surface area is 163 Å².